The second-order valence-electron chi connectivity index (χ2n) is 5.47. The molecular weight excluding hydrogens is 226 g/mol. The number of carbonyl (C=O) groups is 1. The molecule has 3 nitrogen and oxygen atoms in total. The van der Waals surface area contributed by atoms with Crippen molar-refractivity contribution in [3.63, 3.8) is 0 Å². The Hall–Kier alpha value is -1.77. The van der Waals surface area contributed by atoms with Gasteiger partial charge in [0.15, 0.2) is 0 Å². The molecule has 2 rings (SSSR count). The normalized spacial score (nSPS) is 12.1. The number of rotatable bonds is 2. The van der Waals surface area contributed by atoms with Gasteiger partial charge < -0.3 is 9.67 Å². The van der Waals surface area contributed by atoms with Crippen LogP contribution in [0, 0.1) is 13.8 Å². The Morgan fingerprint density at radius 3 is 2.44 bits per heavy atom. The third-order valence-electron chi connectivity index (χ3n) is 3.81. The lowest BCUT2D eigenvalue weighted by Crippen LogP contribution is -2.29. The molecule has 1 aromatic carbocycles. The van der Waals surface area contributed by atoms with Crippen LogP contribution in [0.15, 0.2) is 18.2 Å². The zero-order valence-corrected chi connectivity index (χ0v) is 11.5. The Morgan fingerprint density at radius 2 is 1.89 bits per heavy atom. The van der Waals surface area contributed by atoms with Crippen LogP contribution in [0.25, 0.3) is 10.9 Å². The van der Waals surface area contributed by atoms with Gasteiger partial charge in [-0.25, -0.2) is 0 Å². The molecule has 3 heteroatoms. The number of carboxylic acids is 1. The van der Waals surface area contributed by atoms with E-state index in [1.54, 1.807) is 13.8 Å². The van der Waals surface area contributed by atoms with E-state index in [0.717, 1.165) is 22.2 Å². The lowest BCUT2D eigenvalue weighted by molar-refractivity contribution is -0.142. The first kappa shape index (κ1) is 12.7. The standard InChI is InChI=1S/C15H19NO2/c1-9-6-7-11-12(8-9)16(5)10(2)13(11)15(3,4)14(17)18/h6-8H,1-5H3,(H,17,18). The molecule has 0 amide bonds. The van der Waals surface area contributed by atoms with Crippen molar-refractivity contribution in [1.82, 2.24) is 4.57 Å². The van der Waals surface area contributed by atoms with Crippen LogP contribution in [0.5, 0.6) is 0 Å². The summed E-state index contributed by atoms with van der Waals surface area (Å²) in [5.41, 5.74) is 3.33. The summed E-state index contributed by atoms with van der Waals surface area (Å²) in [4.78, 5) is 11.5. The van der Waals surface area contributed by atoms with Crippen molar-refractivity contribution in [3.05, 3.63) is 35.0 Å². The van der Waals surface area contributed by atoms with Gasteiger partial charge in [-0.2, -0.15) is 0 Å². The molecule has 0 saturated carbocycles. The highest BCUT2D eigenvalue weighted by molar-refractivity contribution is 5.93. The maximum absolute atomic E-state index is 11.5. The van der Waals surface area contributed by atoms with Crippen molar-refractivity contribution in [3.8, 4) is 0 Å². The average molecular weight is 245 g/mol. The summed E-state index contributed by atoms with van der Waals surface area (Å²) in [6.07, 6.45) is 0. The number of aromatic nitrogens is 1. The van der Waals surface area contributed by atoms with Crippen LogP contribution in [0.2, 0.25) is 0 Å². The van der Waals surface area contributed by atoms with Crippen molar-refractivity contribution >= 4 is 16.9 Å². The Bertz CT molecular complexity index is 635. The van der Waals surface area contributed by atoms with Crippen LogP contribution in [0.4, 0.5) is 0 Å². The van der Waals surface area contributed by atoms with E-state index in [9.17, 15) is 9.90 Å². The molecule has 96 valence electrons. The van der Waals surface area contributed by atoms with E-state index in [0.29, 0.717) is 0 Å². The van der Waals surface area contributed by atoms with E-state index in [1.807, 2.05) is 33.0 Å². The number of hydrogen-bond acceptors (Lipinski definition) is 1. The van der Waals surface area contributed by atoms with Gasteiger partial charge in [-0.3, -0.25) is 4.79 Å². The quantitative estimate of drug-likeness (QED) is 0.883. The smallest absolute Gasteiger partial charge is 0.313 e. The van der Waals surface area contributed by atoms with Gasteiger partial charge in [0.1, 0.15) is 0 Å². The van der Waals surface area contributed by atoms with Crippen molar-refractivity contribution in [2.75, 3.05) is 0 Å². The molecule has 0 aliphatic carbocycles. The molecule has 1 heterocycles. The van der Waals surface area contributed by atoms with Gasteiger partial charge in [0.25, 0.3) is 0 Å². The number of aryl methyl sites for hydroxylation is 2. The average Bonchev–Trinajstić information content (AvgIpc) is 2.52. The number of aliphatic carboxylic acids is 1. The molecule has 0 atom stereocenters. The SMILES string of the molecule is Cc1ccc2c(C(C)(C)C(=O)O)c(C)n(C)c2c1. The monoisotopic (exact) mass is 245 g/mol. The Labute approximate surface area is 107 Å². The minimum absolute atomic E-state index is 0.793. The van der Waals surface area contributed by atoms with Gasteiger partial charge in [0.2, 0.25) is 0 Å². The van der Waals surface area contributed by atoms with Gasteiger partial charge in [-0.1, -0.05) is 12.1 Å². The Kier molecular flexibility index (Phi) is 2.73. The second kappa shape index (κ2) is 3.87. The fraction of sp³-hybridized carbons (Fsp3) is 0.400. The Balaban J connectivity index is 2.88. The number of hydrogen-bond donors (Lipinski definition) is 1. The van der Waals surface area contributed by atoms with Gasteiger partial charge in [0.05, 0.1) is 5.41 Å². The first-order chi connectivity index (χ1) is 8.26. The predicted molar refractivity (Wildman–Crippen MR) is 73.1 cm³/mol. The van der Waals surface area contributed by atoms with E-state index in [2.05, 4.69) is 10.6 Å². The minimum atomic E-state index is -0.876. The maximum Gasteiger partial charge on any atom is 0.313 e. The molecule has 0 fully saturated rings. The van der Waals surface area contributed by atoms with Crippen LogP contribution >= 0.6 is 0 Å². The van der Waals surface area contributed by atoms with Crippen LogP contribution in [-0.4, -0.2) is 15.6 Å². The first-order valence-electron chi connectivity index (χ1n) is 6.06. The Morgan fingerprint density at radius 1 is 1.28 bits per heavy atom. The topological polar surface area (TPSA) is 42.2 Å². The fourth-order valence-corrected chi connectivity index (χ4v) is 2.57. The molecule has 0 saturated heterocycles. The van der Waals surface area contributed by atoms with Crippen LogP contribution in [0.1, 0.15) is 30.7 Å². The van der Waals surface area contributed by atoms with Crippen LogP contribution in [0.3, 0.4) is 0 Å². The molecule has 0 bridgehead atoms. The maximum atomic E-state index is 11.5. The molecule has 0 radical (unpaired) electrons. The second-order valence-corrected chi connectivity index (χ2v) is 5.47. The highest BCUT2D eigenvalue weighted by Gasteiger charge is 2.34. The summed E-state index contributed by atoms with van der Waals surface area (Å²) in [6.45, 7) is 7.55. The summed E-state index contributed by atoms with van der Waals surface area (Å²) < 4.78 is 2.07. The number of fused-ring (bicyclic) bond motifs is 1. The number of carboxylic acid groups (broad SMARTS) is 1. The number of nitrogens with zero attached hydrogens (tertiary/aromatic N) is 1. The fourth-order valence-electron chi connectivity index (χ4n) is 2.57. The lowest BCUT2D eigenvalue weighted by atomic mass is 9.83. The van der Waals surface area contributed by atoms with E-state index in [4.69, 9.17) is 0 Å². The van der Waals surface area contributed by atoms with Gasteiger partial charge >= 0.3 is 5.97 Å². The van der Waals surface area contributed by atoms with Crippen molar-refractivity contribution < 1.29 is 9.90 Å². The van der Waals surface area contributed by atoms with Crippen molar-refractivity contribution in [1.29, 1.82) is 0 Å². The third-order valence-corrected chi connectivity index (χ3v) is 3.81. The first-order valence-corrected chi connectivity index (χ1v) is 6.06. The molecular formula is C15H19NO2. The van der Waals surface area contributed by atoms with Crippen molar-refractivity contribution in [2.45, 2.75) is 33.1 Å². The molecule has 0 aliphatic rings. The van der Waals surface area contributed by atoms with Gasteiger partial charge in [-0.05, 0) is 44.9 Å². The van der Waals surface area contributed by atoms with Crippen LogP contribution < -0.4 is 0 Å². The molecule has 0 aliphatic heterocycles. The molecule has 2 aromatic rings. The van der Waals surface area contributed by atoms with E-state index in [1.165, 1.54) is 5.56 Å². The summed E-state index contributed by atoms with van der Waals surface area (Å²) in [7, 11) is 1.98. The lowest BCUT2D eigenvalue weighted by Gasteiger charge is -2.20. The largest absolute Gasteiger partial charge is 0.481 e. The summed E-state index contributed by atoms with van der Waals surface area (Å²) in [6, 6.07) is 6.16. The van der Waals surface area contributed by atoms with Crippen molar-refractivity contribution in [2.24, 2.45) is 7.05 Å². The van der Waals surface area contributed by atoms with E-state index < -0.39 is 11.4 Å². The van der Waals surface area contributed by atoms with Gasteiger partial charge in [-0.15, -0.1) is 0 Å². The molecule has 1 aromatic heterocycles. The predicted octanol–water partition coefficient (Wildman–Crippen LogP) is 3.16. The van der Waals surface area contributed by atoms with E-state index in [-0.39, 0.29) is 0 Å². The molecule has 18 heavy (non-hydrogen) atoms. The molecule has 0 spiro atoms. The highest BCUT2D eigenvalue weighted by Crippen LogP contribution is 2.35. The minimum Gasteiger partial charge on any atom is -0.481 e. The summed E-state index contributed by atoms with van der Waals surface area (Å²) in [5, 5.41) is 10.5. The summed E-state index contributed by atoms with van der Waals surface area (Å²) in [5.74, 6) is -0.793. The van der Waals surface area contributed by atoms with E-state index >= 15 is 0 Å². The van der Waals surface area contributed by atoms with Gasteiger partial charge in [0, 0.05) is 23.6 Å². The molecule has 1 N–H and O–H groups in total. The molecule has 0 unspecified atom stereocenters. The van der Waals surface area contributed by atoms with Crippen LogP contribution in [-0.2, 0) is 17.3 Å². The number of benzene rings is 1. The summed E-state index contributed by atoms with van der Waals surface area (Å²) >= 11 is 0. The third kappa shape index (κ3) is 1.62. The zero-order valence-electron chi connectivity index (χ0n) is 11.5. The zero-order chi connectivity index (χ0) is 13.7. The highest BCUT2D eigenvalue weighted by atomic mass is 16.4.